The number of aromatic nitrogens is 1. The van der Waals surface area contributed by atoms with Crippen LogP contribution >= 0.6 is 11.3 Å². The van der Waals surface area contributed by atoms with Crippen LogP contribution in [-0.2, 0) is 0 Å². The van der Waals surface area contributed by atoms with Crippen LogP contribution in [0.2, 0.25) is 0 Å². The van der Waals surface area contributed by atoms with E-state index in [0.29, 0.717) is 16.7 Å². The lowest BCUT2D eigenvalue weighted by Gasteiger charge is -2.14. The molecule has 7 aromatic carbocycles. The fourth-order valence-electron chi connectivity index (χ4n) is 7.08. The lowest BCUT2D eigenvalue weighted by atomic mass is 9.92. The van der Waals surface area contributed by atoms with E-state index in [-0.39, 0.29) is 0 Å². The molecule has 0 saturated carbocycles. The molecule has 2 heterocycles. The highest BCUT2D eigenvalue weighted by molar-refractivity contribution is 7.25. The molecule has 5 heteroatoms. The Morgan fingerprint density at radius 2 is 0.960 bits per heavy atom. The Bertz CT molecular complexity index is 2890. The third-order valence-corrected chi connectivity index (χ3v) is 10.6. The van der Waals surface area contributed by atoms with Crippen molar-refractivity contribution in [2.75, 3.05) is 0 Å². The predicted molar refractivity (Wildman–Crippen MR) is 204 cm³/mol. The molecule has 0 fully saturated rings. The number of benzene rings is 7. The fraction of sp³-hybridized carbons (Fsp3) is 0. The van der Waals surface area contributed by atoms with Gasteiger partial charge >= 0.3 is 0 Å². The number of hydrogen-bond donors (Lipinski definition) is 0. The van der Waals surface area contributed by atoms with Crippen molar-refractivity contribution in [3.05, 3.63) is 162 Å². The van der Waals surface area contributed by atoms with E-state index in [1.807, 2.05) is 53.8 Å². The molecule has 0 radical (unpaired) electrons. The molecule has 0 saturated heterocycles. The molecule has 0 aliphatic rings. The highest BCUT2D eigenvalue weighted by Gasteiger charge is 2.17. The Kier molecular flexibility index (Phi) is 6.78. The van der Waals surface area contributed by atoms with Gasteiger partial charge in [-0.25, -0.2) is 0 Å². The second-order valence-corrected chi connectivity index (χ2v) is 13.5. The third kappa shape index (κ3) is 4.80. The normalized spacial score (nSPS) is 11.1. The van der Waals surface area contributed by atoms with Crippen LogP contribution < -0.4 is 0 Å². The van der Waals surface area contributed by atoms with Crippen molar-refractivity contribution >= 4 is 53.3 Å². The van der Waals surface area contributed by atoms with Crippen LogP contribution in [0.25, 0.3) is 81.0 Å². The lowest BCUT2D eigenvalue weighted by Crippen LogP contribution is -1.96. The number of fused-ring (bicyclic) bond motifs is 6. The van der Waals surface area contributed by atoms with Crippen molar-refractivity contribution in [3.8, 4) is 57.3 Å². The molecule has 0 aliphatic carbocycles. The van der Waals surface area contributed by atoms with E-state index in [1.54, 1.807) is 12.1 Å². The summed E-state index contributed by atoms with van der Waals surface area (Å²) >= 11 is 1.81. The highest BCUT2D eigenvalue weighted by atomic mass is 32.1. The summed E-state index contributed by atoms with van der Waals surface area (Å²) in [7, 11) is 0. The molecule has 9 aromatic rings. The van der Waals surface area contributed by atoms with Gasteiger partial charge in [0.2, 0.25) is 0 Å². The summed E-state index contributed by atoms with van der Waals surface area (Å²) in [5.74, 6) is 0. The standard InChI is InChI=1S/C45H24N4S/c46-25-28-10-13-42-39(18-28)40-19-29(26-47)11-14-43(40)49(42)37-17-30(27-48)16-33(23-37)36-21-34(31-6-2-1-3-7-31)20-35(22-36)32-12-15-45-41(24-32)38-8-4-5-9-44(38)50-45/h1-24H. The number of nitriles is 3. The fourth-order valence-corrected chi connectivity index (χ4v) is 8.16. The molecule has 0 atom stereocenters. The van der Waals surface area contributed by atoms with Crippen LogP contribution in [0.4, 0.5) is 0 Å². The molecule has 0 aliphatic heterocycles. The summed E-state index contributed by atoms with van der Waals surface area (Å²) in [6.07, 6.45) is 0. The molecule has 0 unspecified atom stereocenters. The van der Waals surface area contributed by atoms with Gasteiger partial charge in [0.15, 0.2) is 0 Å². The summed E-state index contributed by atoms with van der Waals surface area (Å²) in [6.45, 7) is 0. The summed E-state index contributed by atoms with van der Waals surface area (Å²) in [4.78, 5) is 0. The first kappa shape index (κ1) is 29.2. The molecule has 2 aromatic heterocycles. The minimum absolute atomic E-state index is 0.535. The summed E-state index contributed by atoms with van der Waals surface area (Å²) in [6, 6.07) is 56.4. The van der Waals surface area contributed by atoms with E-state index in [2.05, 4.69) is 114 Å². The second kappa shape index (κ2) is 11.6. The number of rotatable bonds is 4. The van der Waals surface area contributed by atoms with Gasteiger partial charge in [0.1, 0.15) is 0 Å². The van der Waals surface area contributed by atoms with Crippen molar-refractivity contribution in [3.63, 3.8) is 0 Å². The SMILES string of the molecule is N#Cc1cc(-c2cc(-c3ccccc3)cc(-c3ccc4sc5ccccc5c4c3)c2)cc(-n2c3ccc(C#N)cc3c3cc(C#N)ccc32)c1. The minimum atomic E-state index is 0.535. The monoisotopic (exact) mass is 652 g/mol. The van der Waals surface area contributed by atoms with Gasteiger partial charge in [-0.1, -0.05) is 54.6 Å². The molecule has 0 amide bonds. The van der Waals surface area contributed by atoms with Crippen molar-refractivity contribution in [1.82, 2.24) is 4.57 Å². The molecule has 230 valence electrons. The van der Waals surface area contributed by atoms with Crippen LogP contribution in [0, 0.1) is 34.0 Å². The van der Waals surface area contributed by atoms with E-state index in [0.717, 1.165) is 60.9 Å². The maximum Gasteiger partial charge on any atom is 0.0992 e. The second-order valence-electron chi connectivity index (χ2n) is 12.4. The smallest absolute Gasteiger partial charge is 0.0992 e. The van der Waals surface area contributed by atoms with E-state index in [9.17, 15) is 15.8 Å². The Morgan fingerprint density at radius 3 is 1.64 bits per heavy atom. The van der Waals surface area contributed by atoms with Gasteiger partial charge in [-0.3, -0.25) is 0 Å². The molecule has 4 nitrogen and oxygen atoms in total. The largest absolute Gasteiger partial charge is 0.309 e. The van der Waals surface area contributed by atoms with Crippen molar-refractivity contribution in [2.45, 2.75) is 0 Å². The zero-order valence-electron chi connectivity index (χ0n) is 26.6. The maximum atomic E-state index is 10.3. The topological polar surface area (TPSA) is 76.3 Å². The van der Waals surface area contributed by atoms with E-state index in [1.165, 1.54) is 20.2 Å². The molecule has 50 heavy (non-hydrogen) atoms. The first-order valence-corrected chi connectivity index (χ1v) is 17.0. The highest BCUT2D eigenvalue weighted by Crippen LogP contribution is 2.40. The summed E-state index contributed by atoms with van der Waals surface area (Å²) in [5, 5.41) is 33.9. The molecule has 9 rings (SSSR count). The van der Waals surface area contributed by atoms with E-state index < -0.39 is 0 Å². The predicted octanol–water partition coefficient (Wildman–Crippen LogP) is 11.8. The molecular weight excluding hydrogens is 629 g/mol. The maximum absolute atomic E-state index is 10.3. The average Bonchev–Trinajstić information content (AvgIpc) is 3.72. The third-order valence-electron chi connectivity index (χ3n) is 9.41. The van der Waals surface area contributed by atoms with Crippen LogP contribution in [0.15, 0.2) is 146 Å². The van der Waals surface area contributed by atoms with Gasteiger partial charge in [0.25, 0.3) is 0 Å². The number of thiophene rings is 1. The van der Waals surface area contributed by atoms with Gasteiger partial charge in [0.05, 0.1) is 45.9 Å². The van der Waals surface area contributed by atoms with Gasteiger partial charge in [-0.2, -0.15) is 15.8 Å². The lowest BCUT2D eigenvalue weighted by molar-refractivity contribution is 1.18. The summed E-state index contributed by atoms with van der Waals surface area (Å²) < 4.78 is 4.65. The minimum Gasteiger partial charge on any atom is -0.309 e. The molecule has 0 N–H and O–H groups in total. The average molecular weight is 653 g/mol. The zero-order valence-corrected chi connectivity index (χ0v) is 27.4. The van der Waals surface area contributed by atoms with Crippen LogP contribution in [0.1, 0.15) is 16.7 Å². The van der Waals surface area contributed by atoms with Crippen LogP contribution in [0.3, 0.4) is 0 Å². The molecule has 0 bridgehead atoms. The van der Waals surface area contributed by atoms with Crippen LogP contribution in [0.5, 0.6) is 0 Å². The Hall–Kier alpha value is -6.97. The van der Waals surface area contributed by atoms with Gasteiger partial charge in [0, 0.05) is 36.6 Å². The van der Waals surface area contributed by atoms with Gasteiger partial charge in [-0.05, 0) is 124 Å². The van der Waals surface area contributed by atoms with Crippen molar-refractivity contribution < 1.29 is 0 Å². The van der Waals surface area contributed by atoms with Gasteiger partial charge < -0.3 is 4.57 Å². The zero-order chi connectivity index (χ0) is 33.8. The molecular formula is C45H24N4S. The Balaban J connectivity index is 1.28. The Labute approximate surface area is 292 Å². The van der Waals surface area contributed by atoms with Crippen molar-refractivity contribution in [2.24, 2.45) is 0 Å². The van der Waals surface area contributed by atoms with E-state index in [4.69, 9.17) is 0 Å². The first-order valence-electron chi connectivity index (χ1n) is 16.2. The van der Waals surface area contributed by atoms with Crippen LogP contribution in [-0.4, -0.2) is 4.57 Å². The first-order chi connectivity index (χ1) is 24.6. The number of nitrogens with zero attached hydrogens (tertiary/aromatic N) is 4. The quantitative estimate of drug-likeness (QED) is 0.190. The Morgan fingerprint density at radius 1 is 0.380 bits per heavy atom. The van der Waals surface area contributed by atoms with E-state index >= 15 is 0 Å². The number of hydrogen-bond acceptors (Lipinski definition) is 4. The van der Waals surface area contributed by atoms with Gasteiger partial charge in [-0.15, -0.1) is 11.3 Å². The summed E-state index contributed by atoms with van der Waals surface area (Å²) in [5.41, 5.74) is 10.6. The van der Waals surface area contributed by atoms with Crippen molar-refractivity contribution in [1.29, 1.82) is 15.8 Å². The molecule has 0 spiro atoms.